The molecule has 0 aliphatic carbocycles. The highest BCUT2D eigenvalue weighted by Crippen LogP contribution is 2.13. The fraction of sp³-hybridized carbons (Fsp3) is 0.400. The normalized spacial score (nSPS) is 15.8. The molecule has 1 aliphatic heterocycles. The molecule has 21 heavy (non-hydrogen) atoms. The van der Waals surface area contributed by atoms with Crippen LogP contribution in [0.3, 0.4) is 0 Å². The number of nitrogens with one attached hydrogen (secondary N) is 1. The van der Waals surface area contributed by atoms with Gasteiger partial charge in [0.15, 0.2) is 0 Å². The zero-order valence-electron chi connectivity index (χ0n) is 11.7. The number of hydrogen-bond donors (Lipinski definition) is 1. The predicted octanol–water partition coefficient (Wildman–Crippen LogP) is 1.42. The van der Waals surface area contributed by atoms with E-state index in [0.29, 0.717) is 18.0 Å². The molecule has 1 aliphatic rings. The summed E-state index contributed by atoms with van der Waals surface area (Å²) in [5, 5.41) is 2.97. The van der Waals surface area contributed by atoms with Crippen LogP contribution in [-0.4, -0.2) is 40.2 Å². The summed E-state index contributed by atoms with van der Waals surface area (Å²) in [6, 6.07) is 3.59. The van der Waals surface area contributed by atoms with Crippen LogP contribution in [0.1, 0.15) is 23.2 Å². The maximum atomic E-state index is 12.1. The number of hydrogen-bond acceptors (Lipinski definition) is 4. The van der Waals surface area contributed by atoms with Crippen molar-refractivity contribution in [1.82, 2.24) is 19.9 Å². The smallest absolute Gasteiger partial charge is 0.252 e. The molecule has 2 aromatic rings. The van der Waals surface area contributed by atoms with Crippen LogP contribution in [0.25, 0.3) is 5.82 Å². The largest absolute Gasteiger partial charge is 0.381 e. The maximum Gasteiger partial charge on any atom is 0.252 e. The van der Waals surface area contributed by atoms with E-state index < -0.39 is 0 Å². The second kappa shape index (κ2) is 6.49. The monoisotopic (exact) mass is 286 g/mol. The maximum absolute atomic E-state index is 12.1. The Labute approximate surface area is 123 Å². The third kappa shape index (κ3) is 3.46. The summed E-state index contributed by atoms with van der Waals surface area (Å²) in [4.78, 5) is 20.3. The molecule has 0 radical (unpaired) electrons. The Balaban J connectivity index is 1.57. The minimum absolute atomic E-state index is 0.0776. The topological polar surface area (TPSA) is 69.0 Å². The number of nitrogens with zero attached hydrogens (tertiary/aromatic N) is 3. The molecular weight excluding hydrogens is 268 g/mol. The van der Waals surface area contributed by atoms with Gasteiger partial charge in [0.25, 0.3) is 5.91 Å². The van der Waals surface area contributed by atoms with Gasteiger partial charge in [-0.1, -0.05) is 0 Å². The second-order valence-corrected chi connectivity index (χ2v) is 5.14. The molecule has 0 saturated carbocycles. The molecule has 2 aromatic heterocycles. The van der Waals surface area contributed by atoms with E-state index in [1.165, 1.54) is 0 Å². The molecule has 0 unspecified atom stereocenters. The molecule has 0 atom stereocenters. The van der Waals surface area contributed by atoms with Crippen LogP contribution in [0.2, 0.25) is 0 Å². The van der Waals surface area contributed by atoms with E-state index in [1.54, 1.807) is 29.4 Å². The van der Waals surface area contributed by atoms with Gasteiger partial charge >= 0.3 is 0 Å². The molecule has 0 bridgehead atoms. The van der Waals surface area contributed by atoms with Gasteiger partial charge in [0.2, 0.25) is 0 Å². The summed E-state index contributed by atoms with van der Waals surface area (Å²) in [7, 11) is 0. The summed E-state index contributed by atoms with van der Waals surface area (Å²) < 4.78 is 7.10. The van der Waals surface area contributed by atoms with Crippen molar-refractivity contribution in [2.24, 2.45) is 5.92 Å². The number of pyridine rings is 1. The molecule has 1 fully saturated rings. The van der Waals surface area contributed by atoms with Crippen molar-refractivity contribution in [1.29, 1.82) is 0 Å². The lowest BCUT2D eigenvalue weighted by Gasteiger charge is -2.22. The van der Waals surface area contributed by atoms with Gasteiger partial charge < -0.3 is 10.1 Å². The Morgan fingerprint density at radius 1 is 1.38 bits per heavy atom. The van der Waals surface area contributed by atoms with E-state index in [4.69, 9.17) is 4.74 Å². The van der Waals surface area contributed by atoms with Gasteiger partial charge in [-0.05, 0) is 30.9 Å². The lowest BCUT2D eigenvalue weighted by atomic mass is 10.0. The lowest BCUT2D eigenvalue weighted by Crippen LogP contribution is -2.32. The molecule has 110 valence electrons. The molecule has 1 saturated heterocycles. The Morgan fingerprint density at radius 2 is 2.24 bits per heavy atom. The van der Waals surface area contributed by atoms with Crippen molar-refractivity contribution in [2.45, 2.75) is 12.8 Å². The van der Waals surface area contributed by atoms with E-state index in [1.807, 2.05) is 12.3 Å². The number of ether oxygens (including phenoxy) is 1. The van der Waals surface area contributed by atoms with Gasteiger partial charge in [-0.3, -0.25) is 9.36 Å². The Morgan fingerprint density at radius 3 is 2.90 bits per heavy atom. The van der Waals surface area contributed by atoms with Crippen molar-refractivity contribution >= 4 is 5.91 Å². The fourth-order valence-corrected chi connectivity index (χ4v) is 2.36. The number of imidazole rings is 1. The molecule has 3 heterocycles. The van der Waals surface area contributed by atoms with E-state index in [0.717, 1.165) is 31.9 Å². The van der Waals surface area contributed by atoms with Crippen molar-refractivity contribution < 1.29 is 9.53 Å². The molecule has 6 heteroatoms. The average molecular weight is 286 g/mol. The van der Waals surface area contributed by atoms with Crippen LogP contribution in [-0.2, 0) is 4.74 Å². The number of aromatic nitrogens is 3. The Hall–Kier alpha value is -2.21. The van der Waals surface area contributed by atoms with Crippen LogP contribution >= 0.6 is 0 Å². The summed E-state index contributed by atoms with van der Waals surface area (Å²) >= 11 is 0. The predicted molar refractivity (Wildman–Crippen MR) is 77.2 cm³/mol. The molecular formula is C15H18N4O2. The quantitative estimate of drug-likeness (QED) is 0.923. The van der Waals surface area contributed by atoms with Crippen LogP contribution in [0.15, 0.2) is 37.1 Å². The SMILES string of the molecule is O=C(NCC1CCOCC1)c1ccc(-n2ccnc2)nc1. The molecule has 3 rings (SSSR count). The first-order valence-corrected chi connectivity index (χ1v) is 7.13. The fourth-order valence-electron chi connectivity index (χ4n) is 2.36. The van der Waals surface area contributed by atoms with Crippen LogP contribution < -0.4 is 5.32 Å². The number of rotatable bonds is 4. The van der Waals surface area contributed by atoms with Crippen molar-refractivity contribution in [3.8, 4) is 5.82 Å². The highest BCUT2D eigenvalue weighted by atomic mass is 16.5. The van der Waals surface area contributed by atoms with Crippen molar-refractivity contribution in [3.05, 3.63) is 42.6 Å². The molecule has 6 nitrogen and oxygen atoms in total. The lowest BCUT2D eigenvalue weighted by molar-refractivity contribution is 0.0642. The van der Waals surface area contributed by atoms with E-state index in [2.05, 4.69) is 15.3 Å². The first-order chi connectivity index (χ1) is 10.3. The summed E-state index contributed by atoms with van der Waals surface area (Å²) in [6.07, 6.45) is 8.79. The Kier molecular flexibility index (Phi) is 4.25. The first kappa shape index (κ1) is 13.8. The zero-order chi connectivity index (χ0) is 14.5. The van der Waals surface area contributed by atoms with Crippen LogP contribution in [0.5, 0.6) is 0 Å². The van der Waals surface area contributed by atoms with Crippen LogP contribution in [0, 0.1) is 5.92 Å². The first-order valence-electron chi connectivity index (χ1n) is 7.13. The molecule has 0 aromatic carbocycles. The van der Waals surface area contributed by atoms with E-state index in [-0.39, 0.29) is 5.91 Å². The molecule has 0 spiro atoms. The van der Waals surface area contributed by atoms with Gasteiger partial charge in [-0.2, -0.15) is 0 Å². The minimum Gasteiger partial charge on any atom is -0.381 e. The minimum atomic E-state index is -0.0776. The third-order valence-corrected chi connectivity index (χ3v) is 3.67. The van der Waals surface area contributed by atoms with E-state index in [9.17, 15) is 4.79 Å². The molecule has 1 amide bonds. The highest BCUT2D eigenvalue weighted by molar-refractivity contribution is 5.93. The summed E-state index contributed by atoms with van der Waals surface area (Å²) in [5.41, 5.74) is 0.575. The van der Waals surface area contributed by atoms with E-state index >= 15 is 0 Å². The van der Waals surface area contributed by atoms with Crippen molar-refractivity contribution in [2.75, 3.05) is 19.8 Å². The number of carbonyl (C=O) groups excluding carboxylic acids is 1. The van der Waals surface area contributed by atoms with Gasteiger partial charge in [0.1, 0.15) is 12.1 Å². The van der Waals surface area contributed by atoms with Crippen molar-refractivity contribution in [3.63, 3.8) is 0 Å². The highest BCUT2D eigenvalue weighted by Gasteiger charge is 2.15. The summed E-state index contributed by atoms with van der Waals surface area (Å²) in [6.45, 7) is 2.29. The standard InChI is InChI=1S/C15H18N4O2/c20-15(18-9-12-3-7-21-8-4-12)13-1-2-14(17-10-13)19-6-5-16-11-19/h1-2,5-6,10-12H,3-4,7-9H2,(H,18,20). The Bertz CT molecular complexity index is 574. The summed E-state index contributed by atoms with van der Waals surface area (Å²) in [5.74, 6) is 1.18. The third-order valence-electron chi connectivity index (χ3n) is 3.67. The van der Waals surface area contributed by atoms with Gasteiger partial charge in [-0.15, -0.1) is 0 Å². The number of carbonyl (C=O) groups is 1. The molecule has 1 N–H and O–H groups in total. The van der Waals surface area contributed by atoms with Crippen LogP contribution in [0.4, 0.5) is 0 Å². The second-order valence-electron chi connectivity index (χ2n) is 5.14. The average Bonchev–Trinajstić information content (AvgIpc) is 3.08. The van der Waals surface area contributed by atoms with Gasteiger partial charge in [0, 0.05) is 38.3 Å². The number of amides is 1. The zero-order valence-corrected chi connectivity index (χ0v) is 11.7. The van der Waals surface area contributed by atoms with Gasteiger partial charge in [-0.25, -0.2) is 9.97 Å². The van der Waals surface area contributed by atoms with Gasteiger partial charge in [0.05, 0.1) is 5.56 Å².